The molecule has 11 aromatic rings. The molecule has 0 radical (unpaired) electrons. The van der Waals surface area contributed by atoms with Gasteiger partial charge < -0.3 is 0 Å². The number of benzene rings is 9. The van der Waals surface area contributed by atoms with Crippen molar-refractivity contribution in [3.05, 3.63) is 206 Å². The highest BCUT2D eigenvalue weighted by atomic mass is 15.1. The first kappa shape index (κ1) is 31.3. The molecule has 2 aromatic heterocycles. The maximum absolute atomic E-state index is 5.37. The zero-order valence-corrected chi connectivity index (χ0v) is 30.0. The Morgan fingerprint density at radius 2 is 0.673 bits per heavy atom. The largest absolute Gasteiger partial charge is 0.294 e. The van der Waals surface area contributed by atoms with Gasteiger partial charge in [-0.2, -0.15) is 0 Å². The Labute approximate surface area is 319 Å². The Morgan fingerprint density at radius 1 is 0.255 bits per heavy atom. The molecule has 0 aliphatic heterocycles. The van der Waals surface area contributed by atoms with Gasteiger partial charge in [0.05, 0.1) is 16.7 Å². The molecule has 0 N–H and O–H groups in total. The first-order valence-corrected chi connectivity index (χ1v) is 18.9. The van der Waals surface area contributed by atoms with E-state index in [1.807, 2.05) is 0 Å². The first-order valence-electron chi connectivity index (χ1n) is 18.9. The van der Waals surface area contributed by atoms with Gasteiger partial charge in [-0.1, -0.05) is 158 Å². The molecule has 0 spiro atoms. The van der Waals surface area contributed by atoms with E-state index in [0.717, 1.165) is 28.1 Å². The van der Waals surface area contributed by atoms with Crippen LogP contribution in [0.25, 0.3) is 105 Å². The number of fused-ring (bicyclic) bond motifs is 9. The van der Waals surface area contributed by atoms with Crippen LogP contribution in [0.2, 0.25) is 0 Å². The Hall–Kier alpha value is -7.29. The van der Waals surface area contributed by atoms with E-state index < -0.39 is 0 Å². The average Bonchev–Trinajstić information content (AvgIpc) is 3.60. The highest BCUT2D eigenvalue weighted by molar-refractivity contribution is 6.25. The Kier molecular flexibility index (Phi) is 7.21. The summed E-state index contributed by atoms with van der Waals surface area (Å²) in [6.07, 6.45) is 0. The van der Waals surface area contributed by atoms with E-state index in [1.165, 1.54) is 76.5 Å². The van der Waals surface area contributed by atoms with E-state index in [1.54, 1.807) is 0 Å². The third-order valence-electron chi connectivity index (χ3n) is 11.2. The Balaban J connectivity index is 1.04. The summed E-state index contributed by atoms with van der Waals surface area (Å²) in [6, 6.07) is 74.5. The van der Waals surface area contributed by atoms with E-state index in [9.17, 15) is 0 Å². The normalized spacial score (nSPS) is 11.6. The summed E-state index contributed by atoms with van der Waals surface area (Å²) in [4.78, 5) is 5.37. The molecular formula is C53H34N2. The van der Waals surface area contributed by atoms with Gasteiger partial charge in [0.25, 0.3) is 0 Å². The van der Waals surface area contributed by atoms with Crippen molar-refractivity contribution in [1.82, 2.24) is 9.55 Å². The van der Waals surface area contributed by atoms with Crippen molar-refractivity contribution in [3.63, 3.8) is 0 Å². The molecule has 11 rings (SSSR count). The molecule has 256 valence electrons. The Bertz CT molecular complexity index is 3120. The number of hydrogen-bond donors (Lipinski definition) is 0. The highest BCUT2D eigenvalue weighted by Crippen LogP contribution is 2.39. The molecule has 55 heavy (non-hydrogen) atoms. The molecule has 2 nitrogen and oxygen atoms in total. The molecule has 2 heterocycles. The van der Waals surface area contributed by atoms with Gasteiger partial charge in [-0.15, -0.1) is 0 Å². The van der Waals surface area contributed by atoms with E-state index in [2.05, 4.69) is 211 Å². The molecule has 0 unspecified atom stereocenters. The number of nitrogens with zero attached hydrogens (tertiary/aromatic N) is 2. The summed E-state index contributed by atoms with van der Waals surface area (Å²) in [5.74, 6) is 0.895. The molecule has 0 amide bonds. The minimum Gasteiger partial charge on any atom is -0.294 e. The minimum absolute atomic E-state index is 0.895. The second-order valence-corrected chi connectivity index (χ2v) is 14.3. The number of rotatable bonds is 5. The van der Waals surface area contributed by atoms with Crippen LogP contribution < -0.4 is 0 Å². The fourth-order valence-electron chi connectivity index (χ4n) is 8.54. The second kappa shape index (κ2) is 12.7. The third-order valence-corrected chi connectivity index (χ3v) is 11.2. The van der Waals surface area contributed by atoms with Crippen molar-refractivity contribution in [3.8, 4) is 50.5 Å². The predicted octanol–water partition coefficient (Wildman–Crippen LogP) is 14.3. The standard InChI is InChI=1S/C53H34N2/c1-3-13-35(14-4-1)38-26-29-51-48(33-38)49-34-39(36-15-5-2-6-16-36)27-30-52(49)55(51)53-24-12-23-50(54-53)41-18-11-17-37(31-41)40-25-28-46-44-21-8-7-19-42(44)43-20-9-10-22-45(43)47(46)32-40/h1-34H. The summed E-state index contributed by atoms with van der Waals surface area (Å²) in [6.45, 7) is 0. The zero-order valence-electron chi connectivity index (χ0n) is 30.0. The maximum atomic E-state index is 5.37. The van der Waals surface area contributed by atoms with E-state index in [4.69, 9.17) is 4.98 Å². The maximum Gasteiger partial charge on any atom is 0.138 e. The molecule has 0 atom stereocenters. The lowest BCUT2D eigenvalue weighted by molar-refractivity contribution is 1.08. The highest BCUT2D eigenvalue weighted by Gasteiger charge is 2.17. The van der Waals surface area contributed by atoms with Crippen molar-refractivity contribution >= 4 is 54.1 Å². The molecule has 2 heteroatoms. The van der Waals surface area contributed by atoms with Gasteiger partial charge in [0.2, 0.25) is 0 Å². The monoisotopic (exact) mass is 698 g/mol. The lowest BCUT2D eigenvalue weighted by atomic mass is 9.92. The van der Waals surface area contributed by atoms with Crippen molar-refractivity contribution in [2.75, 3.05) is 0 Å². The summed E-state index contributed by atoms with van der Waals surface area (Å²) in [5, 5.41) is 10.1. The average molecular weight is 699 g/mol. The zero-order chi connectivity index (χ0) is 36.3. The number of hydrogen-bond acceptors (Lipinski definition) is 1. The van der Waals surface area contributed by atoms with Crippen LogP contribution in [-0.4, -0.2) is 9.55 Å². The number of aromatic nitrogens is 2. The summed E-state index contributed by atoms with van der Waals surface area (Å²) >= 11 is 0. The van der Waals surface area contributed by atoms with Crippen LogP contribution in [-0.2, 0) is 0 Å². The van der Waals surface area contributed by atoms with Gasteiger partial charge in [0.15, 0.2) is 0 Å². The summed E-state index contributed by atoms with van der Waals surface area (Å²) < 4.78 is 2.32. The molecule has 0 aliphatic rings. The van der Waals surface area contributed by atoms with E-state index in [-0.39, 0.29) is 0 Å². The molecule has 0 aliphatic carbocycles. The van der Waals surface area contributed by atoms with Crippen LogP contribution in [0.15, 0.2) is 206 Å². The van der Waals surface area contributed by atoms with Gasteiger partial charge in [-0.05, 0) is 114 Å². The molecule has 0 saturated carbocycles. The van der Waals surface area contributed by atoms with E-state index >= 15 is 0 Å². The summed E-state index contributed by atoms with van der Waals surface area (Å²) in [5.41, 5.74) is 11.5. The van der Waals surface area contributed by atoms with Crippen molar-refractivity contribution in [2.24, 2.45) is 0 Å². The second-order valence-electron chi connectivity index (χ2n) is 14.3. The van der Waals surface area contributed by atoms with E-state index in [0.29, 0.717) is 0 Å². The predicted molar refractivity (Wildman–Crippen MR) is 233 cm³/mol. The molecule has 9 aromatic carbocycles. The smallest absolute Gasteiger partial charge is 0.138 e. The fourth-order valence-corrected chi connectivity index (χ4v) is 8.54. The first-order chi connectivity index (χ1) is 27.3. The lowest BCUT2D eigenvalue weighted by Crippen LogP contribution is -1.98. The van der Waals surface area contributed by atoms with Crippen molar-refractivity contribution < 1.29 is 0 Å². The number of pyridine rings is 1. The summed E-state index contributed by atoms with van der Waals surface area (Å²) in [7, 11) is 0. The van der Waals surface area contributed by atoms with Crippen LogP contribution in [0.4, 0.5) is 0 Å². The molecule has 0 bridgehead atoms. The van der Waals surface area contributed by atoms with Crippen LogP contribution in [0, 0.1) is 0 Å². The van der Waals surface area contributed by atoms with Crippen molar-refractivity contribution in [1.29, 1.82) is 0 Å². The van der Waals surface area contributed by atoms with Gasteiger partial charge in [-0.3, -0.25) is 4.57 Å². The van der Waals surface area contributed by atoms with Gasteiger partial charge >= 0.3 is 0 Å². The molecular weight excluding hydrogens is 665 g/mol. The quantitative estimate of drug-likeness (QED) is 0.164. The van der Waals surface area contributed by atoms with Gasteiger partial charge in [-0.25, -0.2) is 4.98 Å². The molecule has 0 saturated heterocycles. The van der Waals surface area contributed by atoms with Gasteiger partial charge in [0.1, 0.15) is 5.82 Å². The SMILES string of the molecule is c1ccc(-c2ccc3c(c2)c2cc(-c4ccccc4)ccc2n3-c2cccc(-c3cccc(-c4ccc5c6ccccc6c6ccccc6c5c4)c3)n2)cc1. The van der Waals surface area contributed by atoms with Crippen LogP contribution in [0.1, 0.15) is 0 Å². The topological polar surface area (TPSA) is 17.8 Å². The fraction of sp³-hybridized carbons (Fsp3) is 0. The lowest BCUT2D eigenvalue weighted by Gasteiger charge is -2.13. The minimum atomic E-state index is 0.895. The van der Waals surface area contributed by atoms with Crippen LogP contribution in [0.3, 0.4) is 0 Å². The molecule has 0 fully saturated rings. The van der Waals surface area contributed by atoms with Gasteiger partial charge in [0, 0.05) is 16.3 Å². The van der Waals surface area contributed by atoms with Crippen LogP contribution in [0.5, 0.6) is 0 Å². The van der Waals surface area contributed by atoms with Crippen molar-refractivity contribution in [2.45, 2.75) is 0 Å². The third kappa shape index (κ3) is 5.22. The Morgan fingerprint density at radius 3 is 1.27 bits per heavy atom. The van der Waals surface area contributed by atoms with Crippen LogP contribution >= 0.6 is 0 Å².